The van der Waals surface area contributed by atoms with Gasteiger partial charge in [0.1, 0.15) is 11.7 Å². The van der Waals surface area contributed by atoms with E-state index in [2.05, 4.69) is 35.0 Å². The van der Waals surface area contributed by atoms with Crippen LogP contribution in [0.15, 0.2) is 59.1 Å². The molecule has 0 saturated carbocycles. The van der Waals surface area contributed by atoms with Crippen molar-refractivity contribution in [2.24, 2.45) is 5.92 Å². The zero-order valence-corrected chi connectivity index (χ0v) is 20.4. The first-order chi connectivity index (χ1) is 16.7. The topological polar surface area (TPSA) is 123 Å². The molecule has 0 aliphatic rings. The fraction of sp³-hybridized carbons (Fsp3) is 0.308. The van der Waals surface area contributed by atoms with Gasteiger partial charge in [0, 0.05) is 23.0 Å². The van der Waals surface area contributed by atoms with Crippen LogP contribution in [0.25, 0.3) is 11.3 Å². The molecule has 0 aliphatic heterocycles. The van der Waals surface area contributed by atoms with Crippen LogP contribution in [-0.2, 0) is 9.53 Å². The Kier molecular flexibility index (Phi) is 8.25. The second-order valence-electron chi connectivity index (χ2n) is 8.73. The number of carbonyl (C=O) groups excluding carboxylic acids is 3. The number of benzene rings is 2. The van der Waals surface area contributed by atoms with E-state index in [-0.39, 0.29) is 17.7 Å². The molecule has 3 N–H and O–H groups in total. The van der Waals surface area contributed by atoms with Crippen LogP contribution < -0.4 is 16.0 Å². The minimum Gasteiger partial charge on any atom is -0.467 e. The summed E-state index contributed by atoms with van der Waals surface area (Å²) < 4.78 is 9.90. The summed E-state index contributed by atoms with van der Waals surface area (Å²) in [4.78, 5) is 36.7. The lowest BCUT2D eigenvalue weighted by atomic mass is 10.0. The number of amides is 3. The number of hydrogen-bond acceptors (Lipinski definition) is 6. The monoisotopic (exact) mass is 478 g/mol. The van der Waals surface area contributed by atoms with E-state index < -0.39 is 17.9 Å². The van der Waals surface area contributed by atoms with E-state index in [1.165, 1.54) is 18.7 Å². The number of methoxy groups -OCH3 is 1. The Morgan fingerprint density at radius 2 is 1.46 bits per heavy atom. The van der Waals surface area contributed by atoms with Gasteiger partial charge < -0.3 is 25.2 Å². The summed E-state index contributed by atoms with van der Waals surface area (Å²) in [6.45, 7) is 7.82. The highest BCUT2D eigenvalue weighted by atomic mass is 16.5. The first kappa shape index (κ1) is 25.5. The van der Waals surface area contributed by atoms with Gasteiger partial charge in [-0.3, -0.25) is 4.79 Å². The third kappa shape index (κ3) is 6.69. The molecule has 1 atom stereocenters. The number of nitrogens with one attached hydrogen (secondary N) is 3. The molecular formula is C26H30N4O5. The number of aromatic nitrogens is 1. The van der Waals surface area contributed by atoms with Crippen LogP contribution in [-0.4, -0.2) is 36.2 Å². The van der Waals surface area contributed by atoms with E-state index in [1.54, 1.807) is 38.1 Å². The number of ether oxygens (including phenoxy) is 1. The van der Waals surface area contributed by atoms with Crippen LogP contribution in [0.4, 0.5) is 16.2 Å². The lowest BCUT2D eigenvalue weighted by molar-refractivity contribution is -0.144. The van der Waals surface area contributed by atoms with Crippen LogP contribution in [0.5, 0.6) is 0 Å². The molecule has 0 bridgehead atoms. The van der Waals surface area contributed by atoms with E-state index >= 15 is 0 Å². The molecule has 0 radical (unpaired) electrons. The van der Waals surface area contributed by atoms with Crippen molar-refractivity contribution in [3.05, 3.63) is 65.9 Å². The molecule has 0 aliphatic carbocycles. The number of urea groups is 1. The zero-order chi connectivity index (χ0) is 25.5. The molecule has 1 unspecified atom stereocenters. The molecule has 35 heavy (non-hydrogen) atoms. The molecule has 9 nitrogen and oxygen atoms in total. The molecule has 3 aromatic rings. The fourth-order valence-corrected chi connectivity index (χ4v) is 3.32. The maximum Gasteiger partial charge on any atom is 0.328 e. The van der Waals surface area contributed by atoms with Crippen molar-refractivity contribution in [2.75, 3.05) is 17.7 Å². The maximum atomic E-state index is 12.5. The van der Waals surface area contributed by atoms with Crippen molar-refractivity contribution in [2.45, 2.75) is 39.7 Å². The summed E-state index contributed by atoms with van der Waals surface area (Å²) in [5, 5.41) is 12.1. The minimum absolute atomic E-state index is 0.0281. The Hall–Kier alpha value is -4.14. The highest BCUT2D eigenvalue weighted by Crippen LogP contribution is 2.22. The van der Waals surface area contributed by atoms with Crippen LogP contribution >= 0.6 is 0 Å². The summed E-state index contributed by atoms with van der Waals surface area (Å²) in [5.74, 6) is -0.870. The van der Waals surface area contributed by atoms with Crippen molar-refractivity contribution >= 4 is 29.3 Å². The average Bonchev–Trinajstić information content (AvgIpc) is 3.33. The second kappa shape index (κ2) is 11.3. The van der Waals surface area contributed by atoms with Crippen LogP contribution in [0, 0.1) is 5.92 Å². The highest BCUT2D eigenvalue weighted by molar-refractivity contribution is 6.00. The maximum absolute atomic E-state index is 12.5. The molecule has 3 rings (SSSR count). The first-order valence-electron chi connectivity index (χ1n) is 11.3. The SMILES string of the molecule is COC(=O)C(NC(=O)c1cc(-c2ccc(NC(=O)Nc3ccc(C(C)C)cc3)cc2)no1)C(C)C. The number of nitrogens with zero attached hydrogens (tertiary/aromatic N) is 1. The van der Waals surface area contributed by atoms with Crippen molar-refractivity contribution in [1.82, 2.24) is 10.5 Å². The summed E-state index contributed by atoms with van der Waals surface area (Å²) in [6.07, 6.45) is 0. The molecule has 0 fully saturated rings. The lowest BCUT2D eigenvalue weighted by Crippen LogP contribution is -2.44. The highest BCUT2D eigenvalue weighted by Gasteiger charge is 2.27. The quantitative estimate of drug-likeness (QED) is 0.390. The van der Waals surface area contributed by atoms with Gasteiger partial charge in [-0.15, -0.1) is 0 Å². The van der Waals surface area contributed by atoms with Gasteiger partial charge in [-0.1, -0.05) is 57.1 Å². The summed E-state index contributed by atoms with van der Waals surface area (Å²) in [5.41, 5.74) is 3.61. The molecule has 184 valence electrons. The van der Waals surface area contributed by atoms with Gasteiger partial charge >= 0.3 is 12.0 Å². The van der Waals surface area contributed by atoms with Gasteiger partial charge in [0.25, 0.3) is 5.91 Å². The molecule has 2 aromatic carbocycles. The van der Waals surface area contributed by atoms with E-state index in [4.69, 9.17) is 9.26 Å². The Labute approximate surface area is 204 Å². The van der Waals surface area contributed by atoms with Gasteiger partial charge in [-0.05, 0) is 41.7 Å². The lowest BCUT2D eigenvalue weighted by Gasteiger charge is -2.18. The van der Waals surface area contributed by atoms with Crippen LogP contribution in [0.3, 0.4) is 0 Å². The van der Waals surface area contributed by atoms with Gasteiger partial charge in [0.05, 0.1) is 7.11 Å². The number of rotatable bonds is 8. The summed E-state index contributed by atoms with van der Waals surface area (Å²) >= 11 is 0. The Bertz CT molecular complexity index is 1170. The Morgan fingerprint density at radius 1 is 0.886 bits per heavy atom. The molecule has 9 heteroatoms. The predicted molar refractivity (Wildman–Crippen MR) is 133 cm³/mol. The van der Waals surface area contributed by atoms with Crippen LogP contribution in [0.2, 0.25) is 0 Å². The molecular weight excluding hydrogens is 448 g/mol. The zero-order valence-electron chi connectivity index (χ0n) is 20.4. The molecule has 0 saturated heterocycles. The third-order valence-corrected chi connectivity index (χ3v) is 5.42. The summed E-state index contributed by atoms with van der Waals surface area (Å²) in [7, 11) is 1.27. The Balaban J connectivity index is 1.60. The average molecular weight is 479 g/mol. The second-order valence-corrected chi connectivity index (χ2v) is 8.73. The van der Waals surface area contributed by atoms with E-state index in [1.807, 2.05) is 24.3 Å². The van der Waals surface area contributed by atoms with Gasteiger partial charge in [-0.2, -0.15) is 0 Å². The third-order valence-electron chi connectivity index (χ3n) is 5.42. The molecule has 1 aromatic heterocycles. The number of anilines is 2. The smallest absolute Gasteiger partial charge is 0.328 e. The van der Waals surface area contributed by atoms with Crippen LogP contribution in [0.1, 0.15) is 49.7 Å². The largest absolute Gasteiger partial charge is 0.467 e. The van der Waals surface area contributed by atoms with Gasteiger partial charge in [0.2, 0.25) is 5.76 Å². The Morgan fingerprint density at radius 3 is 1.97 bits per heavy atom. The van der Waals surface area contributed by atoms with Crippen molar-refractivity contribution in [1.29, 1.82) is 0 Å². The predicted octanol–water partition coefficient (Wildman–Crippen LogP) is 5.04. The van der Waals surface area contributed by atoms with E-state index in [9.17, 15) is 14.4 Å². The normalized spacial score (nSPS) is 11.7. The molecule has 3 amide bonds. The molecule has 1 heterocycles. The minimum atomic E-state index is -0.800. The standard InChI is InChI=1S/C26H30N4O5/c1-15(2)17-6-10-19(11-7-17)27-26(33)28-20-12-8-18(9-13-20)21-14-22(35-30-21)24(31)29-23(16(3)4)25(32)34-5/h6-16,23H,1-5H3,(H,29,31)(H2,27,28,33). The number of carbonyl (C=O) groups is 3. The van der Waals surface area contributed by atoms with Gasteiger partial charge in [-0.25, -0.2) is 9.59 Å². The van der Waals surface area contributed by atoms with Crippen molar-refractivity contribution in [3.8, 4) is 11.3 Å². The number of hydrogen-bond donors (Lipinski definition) is 3. The van der Waals surface area contributed by atoms with E-state index in [0.29, 0.717) is 28.6 Å². The van der Waals surface area contributed by atoms with Gasteiger partial charge in [0.15, 0.2) is 0 Å². The van der Waals surface area contributed by atoms with Crippen molar-refractivity contribution in [3.63, 3.8) is 0 Å². The number of esters is 1. The van der Waals surface area contributed by atoms with E-state index in [0.717, 1.165) is 0 Å². The fourth-order valence-electron chi connectivity index (χ4n) is 3.32. The first-order valence-corrected chi connectivity index (χ1v) is 11.3. The summed E-state index contributed by atoms with van der Waals surface area (Å²) in [6, 6.07) is 15.0. The van der Waals surface area contributed by atoms with Crippen molar-refractivity contribution < 1.29 is 23.6 Å². The molecule has 0 spiro atoms.